The Labute approximate surface area is 163 Å². The van der Waals surface area contributed by atoms with Crippen LogP contribution >= 0.6 is 11.3 Å². The number of piperidine rings is 1. The molecule has 4 rings (SSSR count). The van der Waals surface area contributed by atoms with Crippen molar-refractivity contribution in [1.82, 2.24) is 9.88 Å². The predicted octanol–water partition coefficient (Wildman–Crippen LogP) is 4.39. The van der Waals surface area contributed by atoms with E-state index < -0.39 is 0 Å². The molecule has 2 heterocycles. The molecule has 0 spiro atoms. The smallest absolute Gasteiger partial charge is 0.184 e. The van der Waals surface area contributed by atoms with Crippen LogP contribution in [0.4, 0.5) is 5.13 Å². The van der Waals surface area contributed by atoms with Gasteiger partial charge in [-0.1, -0.05) is 29.5 Å². The van der Waals surface area contributed by atoms with Crippen molar-refractivity contribution in [3.8, 4) is 11.5 Å². The van der Waals surface area contributed by atoms with Crippen LogP contribution in [0.2, 0.25) is 0 Å². The van der Waals surface area contributed by atoms with Crippen LogP contribution in [0.3, 0.4) is 0 Å². The Balaban J connectivity index is 1.33. The lowest BCUT2D eigenvalue weighted by Crippen LogP contribution is -2.38. The summed E-state index contributed by atoms with van der Waals surface area (Å²) in [7, 11) is 3.39. The summed E-state index contributed by atoms with van der Waals surface area (Å²) in [5, 5.41) is 4.67. The normalized spacial score (nSPS) is 15.8. The zero-order valence-corrected chi connectivity index (χ0v) is 16.6. The first-order chi connectivity index (χ1) is 13.2. The molecular formula is C21H25N3O2S. The molecule has 2 aromatic carbocycles. The van der Waals surface area contributed by atoms with Gasteiger partial charge in [-0.15, -0.1) is 0 Å². The van der Waals surface area contributed by atoms with Gasteiger partial charge in [-0.2, -0.15) is 0 Å². The topological polar surface area (TPSA) is 46.6 Å². The summed E-state index contributed by atoms with van der Waals surface area (Å²) in [6.07, 6.45) is 2.24. The summed E-state index contributed by atoms with van der Waals surface area (Å²) in [6, 6.07) is 14.8. The highest BCUT2D eigenvalue weighted by molar-refractivity contribution is 7.22. The van der Waals surface area contributed by atoms with Gasteiger partial charge in [0.1, 0.15) is 11.5 Å². The molecule has 1 N–H and O–H groups in total. The number of fused-ring (bicyclic) bond motifs is 1. The average Bonchev–Trinajstić information content (AvgIpc) is 3.12. The van der Waals surface area contributed by atoms with Crippen LogP contribution in [-0.4, -0.2) is 43.2 Å². The van der Waals surface area contributed by atoms with E-state index in [4.69, 9.17) is 14.5 Å². The van der Waals surface area contributed by atoms with Crippen LogP contribution in [0.5, 0.6) is 11.5 Å². The van der Waals surface area contributed by atoms with Gasteiger partial charge in [-0.25, -0.2) is 4.98 Å². The number of hydrogen-bond acceptors (Lipinski definition) is 6. The van der Waals surface area contributed by atoms with Crippen LogP contribution in [0.1, 0.15) is 18.4 Å². The molecule has 3 aromatic rings. The Morgan fingerprint density at radius 2 is 1.93 bits per heavy atom. The molecule has 27 heavy (non-hydrogen) atoms. The highest BCUT2D eigenvalue weighted by Gasteiger charge is 2.21. The molecule has 1 fully saturated rings. The SMILES string of the molecule is COc1ccc(CN2CCC(Nc3nc4ccccc4s3)CC2)c(OC)c1. The largest absolute Gasteiger partial charge is 0.497 e. The van der Waals surface area contributed by atoms with Crippen LogP contribution in [0.15, 0.2) is 42.5 Å². The molecule has 1 aliphatic heterocycles. The Hall–Kier alpha value is -2.31. The molecule has 0 saturated carbocycles. The average molecular weight is 384 g/mol. The van der Waals surface area contributed by atoms with E-state index in [1.54, 1.807) is 25.6 Å². The van der Waals surface area contributed by atoms with E-state index in [1.165, 1.54) is 10.3 Å². The number of anilines is 1. The van der Waals surface area contributed by atoms with Crippen molar-refractivity contribution < 1.29 is 9.47 Å². The maximum absolute atomic E-state index is 5.53. The number of para-hydroxylation sites is 1. The monoisotopic (exact) mass is 383 g/mol. The zero-order chi connectivity index (χ0) is 18.6. The fraction of sp³-hybridized carbons (Fsp3) is 0.381. The minimum absolute atomic E-state index is 0.486. The Kier molecular flexibility index (Phi) is 5.45. The second-order valence-electron chi connectivity index (χ2n) is 6.86. The maximum atomic E-state index is 5.53. The summed E-state index contributed by atoms with van der Waals surface area (Å²) < 4.78 is 12.1. The summed E-state index contributed by atoms with van der Waals surface area (Å²) in [6.45, 7) is 3.04. The van der Waals surface area contributed by atoms with E-state index in [0.717, 1.165) is 54.6 Å². The van der Waals surface area contributed by atoms with Gasteiger partial charge in [0.15, 0.2) is 5.13 Å². The number of nitrogens with zero attached hydrogens (tertiary/aromatic N) is 2. The first-order valence-corrected chi connectivity index (χ1v) is 10.1. The number of thiazole rings is 1. The van der Waals surface area contributed by atoms with E-state index >= 15 is 0 Å². The van der Waals surface area contributed by atoms with E-state index in [9.17, 15) is 0 Å². The molecule has 1 aliphatic rings. The maximum Gasteiger partial charge on any atom is 0.184 e. The number of benzene rings is 2. The molecule has 1 saturated heterocycles. The van der Waals surface area contributed by atoms with Crippen molar-refractivity contribution in [2.45, 2.75) is 25.4 Å². The van der Waals surface area contributed by atoms with Gasteiger partial charge >= 0.3 is 0 Å². The summed E-state index contributed by atoms with van der Waals surface area (Å²) in [4.78, 5) is 7.18. The standard InChI is InChI=1S/C21H25N3O2S/c1-25-17-8-7-15(19(13-17)26-2)14-24-11-9-16(10-12-24)22-21-23-18-5-3-4-6-20(18)27-21/h3-8,13,16H,9-12,14H2,1-2H3,(H,22,23). The highest BCUT2D eigenvalue weighted by atomic mass is 32.1. The molecule has 0 aliphatic carbocycles. The summed E-state index contributed by atoms with van der Waals surface area (Å²) >= 11 is 1.74. The number of nitrogens with one attached hydrogen (secondary N) is 1. The summed E-state index contributed by atoms with van der Waals surface area (Å²) in [5.41, 5.74) is 2.28. The van der Waals surface area contributed by atoms with Crippen molar-refractivity contribution in [1.29, 1.82) is 0 Å². The number of ether oxygens (including phenoxy) is 2. The van der Waals surface area contributed by atoms with Crippen LogP contribution in [0.25, 0.3) is 10.2 Å². The molecule has 5 nitrogen and oxygen atoms in total. The second kappa shape index (κ2) is 8.15. The van der Waals surface area contributed by atoms with Gasteiger partial charge in [0.05, 0.1) is 24.4 Å². The van der Waals surface area contributed by atoms with Crippen molar-refractivity contribution in [2.24, 2.45) is 0 Å². The summed E-state index contributed by atoms with van der Waals surface area (Å²) in [5.74, 6) is 1.72. The van der Waals surface area contributed by atoms with Gasteiger partial charge in [-0.3, -0.25) is 4.90 Å². The third kappa shape index (κ3) is 4.17. The van der Waals surface area contributed by atoms with Crippen LogP contribution < -0.4 is 14.8 Å². The molecular weight excluding hydrogens is 358 g/mol. The highest BCUT2D eigenvalue weighted by Crippen LogP contribution is 2.29. The van der Waals surface area contributed by atoms with Gasteiger partial charge in [0.2, 0.25) is 0 Å². The molecule has 0 bridgehead atoms. The number of likely N-dealkylation sites (tertiary alicyclic amines) is 1. The quantitative estimate of drug-likeness (QED) is 0.684. The molecule has 0 unspecified atom stereocenters. The van der Waals surface area contributed by atoms with E-state index in [0.29, 0.717) is 6.04 Å². The first-order valence-electron chi connectivity index (χ1n) is 9.30. The number of rotatable bonds is 6. The van der Waals surface area contributed by atoms with Crippen molar-refractivity contribution >= 4 is 26.7 Å². The molecule has 6 heteroatoms. The predicted molar refractivity (Wildman–Crippen MR) is 111 cm³/mol. The van der Waals surface area contributed by atoms with Crippen molar-refractivity contribution in [3.63, 3.8) is 0 Å². The Bertz CT molecular complexity index is 870. The Morgan fingerprint density at radius 3 is 2.67 bits per heavy atom. The van der Waals surface area contributed by atoms with E-state index in [-0.39, 0.29) is 0 Å². The van der Waals surface area contributed by atoms with Crippen LogP contribution in [-0.2, 0) is 6.54 Å². The molecule has 0 radical (unpaired) electrons. The Morgan fingerprint density at radius 1 is 1.11 bits per heavy atom. The van der Waals surface area contributed by atoms with Crippen molar-refractivity contribution in [3.05, 3.63) is 48.0 Å². The van der Waals surface area contributed by atoms with Gasteiger partial charge < -0.3 is 14.8 Å². The molecule has 0 atom stereocenters. The first kappa shape index (κ1) is 18.1. The van der Waals surface area contributed by atoms with Crippen LogP contribution in [0, 0.1) is 0 Å². The van der Waals surface area contributed by atoms with Gasteiger partial charge in [0, 0.05) is 37.3 Å². The third-order valence-electron chi connectivity index (χ3n) is 5.10. The van der Waals surface area contributed by atoms with E-state index in [1.807, 2.05) is 18.2 Å². The number of aromatic nitrogens is 1. The fourth-order valence-electron chi connectivity index (χ4n) is 3.57. The molecule has 0 amide bonds. The fourth-order valence-corrected chi connectivity index (χ4v) is 4.51. The second-order valence-corrected chi connectivity index (χ2v) is 7.89. The number of hydrogen-bond donors (Lipinski definition) is 1. The van der Waals surface area contributed by atoms with Gasteiger partial charge in [-0.05, 0) is 31.0 Å². The minimum atomic E-state index is 0.486. The third-order valence-corrected chi connectivity index (χ3v) is 6.06. The molecule has 1 aromatic heterocycles. The lowest BCUT2D eigenvalue weighted by atomic mass is 10.0. The number of methoxy groups -OCH3 is 2. The zero-order valence-electron chi connectivity index (χ0n) is 15.8. The van der Waals surface area contributed by atoms with E-state index in [2.05, 4.69) is 34.5 Å². The van der Waals surface area contributed by atoms with Gasteiger partial charge in [0.25, 0.3) is 0 Å². The van der Waals surface area contributed by atoms with Crippen molar-refractivity contribution in [2.75, 3.05) is 32.6 Å². The minimum Gasteiger partial charge on any atom is -0.497 e. The lowest BCUT2D eigenvalue weighted by molar-refractivity contribution is 0.209. The molecule has 142 valence electrons. The lowest BCUT2D eigenvalue weighted by Gasteiger charge is -2.32.